The van der Waals surface area contributed by atoms with Gasteiger partial charge in [0.05, 0.1) is 17.0 Å². The lowest BCUT2D eigenvalue weighted by atomic mass is 9.86. The molecule has 8 heteroatoms. The van der Waals surface area contributed by atoms with E-state index in [0.29, 0.717) is 11.6 Å². The van der Waals surface area contributed by atoms with Gasteiger partial charge < -0.3 is 10.6 Å². The van der Waals surface area contributed by atoms with Gasteiger partial charge in [-0.2, -0.15) is 4.31 Å². The van der Waals surface area contributed by atoms with Gasteiger partial charge in [-0.15, -0.1) is 0 Å². The minimum Gasteiger partial charge on any atom is -0.349 e. The van der Waals surface area contributed by atoms with Crippen molar-refractivity contribution >= 4 is 15.9 Å². The third-order valence-corrected chi connectivity index (χ3v) is 10.3. The molecule has 0 spiro atoms. The quantitative estimate of drug-likeness (QED) is 0.254. The molecule has 0 heterocycles. The molecule has 224 valence electrons. The molecule has 3 aromatic rings. The number of carbonyl (C=O) groups is 1. The second-order valence-corrected chi connectivity index (χ2v) is 14.0. The average Bonchev–Trinajstić information content (AvgIpc) is 2.95. The summed E-state index contributed by atoms with van der Waals surface area (Å²) >= 11 is 0. The molecule has 0 saturated heterocycles. The molecule has 3 aromatic carbocycles. The molecule has 0 bridgehead atoms. The Morgan fingerprint density at radius 1 is 0.976 bits per heavy atom. The van der Waals surface area contributed by atoms with Gasteiger partial charge in [-0.3, -0.25) is 4.79 Å². The molecule has 2 N–H and O–H groups in total. The minimum absolute atomic E-state index is 0.00713. The zero-order valence-corrected chi connectivity index (χ0v) is 25.4. The predicted octanol–water partition coefficient (Wildman–Crippen LogP) is 6.44. The number of nitrogens with zero attached hydrogens (tertiary/aromatic N) is 1. The van der Waals surface area contributed by atoms with Crippen LogP contribution in [0.3, 0.4) is 0 Å². The summed E-state index contributed by atoms with van der Waals surface area (Å²) in [6.45, 7) is 4.97. The van der Waals surface area contributed by atoms with Gasteiger partial charge in [0.15, 0.2) is 0 Å². The Morgan fingerprint density at radius 3 is 2.38 bits per heavy atom. The molecule has 0 aromatic heterocycles. The first-order valence-electron chi connectivity index (χ1n) is 15.2. The maximum atomic E-state index is 13.9. The number of halogens is 1. The number of carbonyl (C=O) groups excluding carboxylic acids is 1. The van der Waals surface area contributed by atoms with Crippen LogP contribution in [0.2, 0.25) is 0 Å². The van der Waals surface area contributed by atoms with Gasteiger partial charge in [0.2, 0.25) is 15.9 Å². The molecule has 2 atom stereocenters. The van der Waals surface area contributed by atoms with Gasteiger partial charge in [-0.05, 0) is 84.5 Å². The zero-order valence-electron chi connectivity index (χ0n) is 24.6. The molecule has 2 aliphatic rings. The van der Waals surface area contributed by atoms with Gasteiger partial charge in [-0.1, -0.05) is 68.8 Å². The van der Waals surface area contributed by atoms with Gasteiger partial charge in [-0.25, -0.2) is 12.8 Å². The molecular formula is C34H42FN3O3S. The number of nitrogens with one attached hydrogen (secondary N) is 2. The summed E-state index contributed by atoms with van der Waals surface area (Å²) in [5, 5.41) is 6.85. The van der Waals surface area contributed by atoms with Crippen molar-refractivity contribution in [2.45, 2.75) is 88.4 Å². The average molecular weight is 592 g/mol. The number of hydrogen-bond donors (Lipinski definition) is 2. The van der Waals surface area contributed by atoms with Gasteiger partial charge in [0.1, 0.15) is 5.82 Å². The third kappa shape index (κ3) is 7.28. The maximum absolute atomic E-state index is 13.9. The van der Waals surface area contributed by atoms with E-state index in [4.69, 9.17) is 0 Å². The topological polar surface area (TPSA) is 78.5 Å². The van der Waals surface area contributed by atoms with Crippen LogP contribution in [-0.2, 0) is 27.8 Å². The van der Waals surface area contributed by atoms with Gasteiger partial charge in [0.25, 0.3) is 0 Å². The van der Waals surface area contributed by atoms with E-state index in [0.717, 1.165) is 31.4 Å². The summed E-state index contributed by atoms with van der Waals surface area (Å²) in [6, 6.07) is 20.3. The first-order chi connectivity index (χ1) is 20.2. The molecular weight excluding hydrogens is 549 g/mol. The van der Waals surface area contributed by atoms with Crippen molar-refractivity contribution in [3.63, 3.8) is 0 Å². The van der Waals surface area contributed by atoms with Crippen LogP contribution in [0, 0.1) is 11.7 Å². The van der Waals surface area contributed by atoms with Gasteiger partial charge in [0, 0.05) is 25.6 Å². The smallest absolute Gasteiger partial charge is 0.243 e. The predicted molar refractivity (Wildman–Crippen MR) is 164 cm³/mol. The molecule has 1 amide bonds. The van der Waals surface area contributed by atoms with Crippen LogP contribution < -0.4 is 10.6 Å². The maximum Gasteiger partial charge on any atom is 0.243 e. The summed E-state index contributed by atoms with van der Waals surface area (Å²) in [7, 11) is -3.94. The SMILES string of the molecule is CC(C)CN(C(CC(=O)NC1CCCc2cc(CNC3CCC3)ccc21)c1ccc(F)cc1)S(=O)(=O)c1ccccc1. The summed E-state index contributed by atoms with van der Waals surface area (Å²) in [5.41, 5.74) is 4.25. The first-order valence-corrected chi connectivity index (χ1v) is 16.6. The van der Waals surface area contributed by atoms with Crippen molar-refractivity contribution in [2.75, 3.05) is 6.54 Å². The third-order valence-electron chi connectivity index (χ3n) is 8.43. The van der Waals surface area contributed by atoms with Crippen molar-refractivity contribution < 1.29 is 17.6 Å². The number of fused-ring (bicyclic) bond motifs is 1. The zero-order chi connectivity index (χ0) is 29.7. The van der Waals surface area contributed by atoms with Crippen LogP contribution >= 0.6 is 0 Å². The number of sulfonamides is 1. The second-order valence-electron chi connectivity index (χ2n) is 12.1. The van der Waals surface area contributed by atoms with E-state index < -0.39 is 21.9 Å². The highest BCUT2D eigenvalue weighted by atomic mass is 32.2. The molecule has 2 unspecified atom stereocenters. The lowest BCUT2D eigenvalue weighted by molar-refractivity contribution is -0.122. The number of amides is 1. The summed E-state index contributed by atoms with van der Waals surface area (Å²) in [6.07, 6.45) is 6.52. The van der Waals surface area contributed by atoms with E-state index in [2.05, 4.69) is 28.8 Å². The Bertz CT molecular complexity index is 1460. The van der Waals surface area contributed by atoms with E-state index in [-0.39, 0.29) is 35.7 Å². The van der Waals surface area contributed by atoms with Crippen LogP contribution in [0.1, 0.15) is 86.7 Å². The Kier molecular flexibility index (Phi) is 9.76. The molecule has 1 fully saturated rings. The van der Waals surface area contributed by atoms with Gasteiger partial charge >= 0.3 is 0 Å². The van der Waals surface area contributed by atoms with Crippen LogP contribution in [-0.4, -0.2) is 31.2 Å². The minimum atomic E-state index is -3.94. The molecule has 5 rings (SSSR count). The number of aryl methyl sites for hydroxylation is 1. The van der Waals surface area contributed by atoms with E-state index in [1.54, 1.807) is 42.5 Å². The largest absolute Gasteiger partial charge is 0.349 e. The Labute approximate surface area is 249 Å². The fourth-order valence-electron chi connectivity index (χ4n) is 5.98. The second kappa shape index (κ2) is 13.5. The first kappa shape index (κ1) is 30.4. The van der Waals surface area contributed by atoms with Crippen molar-refractivity contribution in [3.8, 4) is 0 Å². The van der Waals surface area contributed by atoms with E-state index in [1.807, 2.05) is 13.8 Å². The highest BCUT2D eigenvalue weighted by molar-refractivity contribution is 7.89. The molecule has 42 heavy (non-hydrogen) atoms. The lowest BCUT2D eigenvalue weighted by Gasteiger charge is -2.33. The number of hydrogen-bond acceptors (Lipinski definition) is 4. The normalized spacial score (nSPS) is 18.0. The van der Waals surface area contributed by atoms with E-state index in [1.165, 1.54) is 46.8 Å². The molecule has 0 radical (unpaired) electrons. The number of rotatable bonds is 12. The van der Waals surface area contributed by atoms with E-state index in [9.17, 15) is 17.6 Å². The van der Waals surface area contributed by atoms with Crippen molar-refractivity contribution in [3.05, 3.63) is 101 Å². The van der Waals surface area contributed by atoms with Crippen LogP contribution in [0.15, 0.2) is 77.7 Å². The highest BCUT2D eigenvalue weighted by Gasteiger charge is 2.35. The molecule has 6 nitrogen and oxygen atoms in total. The van der Waals surface area contributed by atoms with Crippen molar-refractivity contribution in [1.29, 1.82) is 0 Å². The van der Waals surface area contributed by atoms with Crippen molar-refractivity contribution in [2.24, 2.45) is 5.92 Å². The van der Waals surface area contributed by atoms with Crippen LogP contribution in [0.4, 0.5) is 4.39 Å². The van der Waals surface area contributed by atoms with Crippen LogP contribution in [0.5, 0.6) is 0 Å². The van der Waals surface area contributed by atoms with Crippen molar-refractivity contribution in [1.82, 2.24) is 14.9 Å². The van der Waals surface area contributed by atoms with E-state index >= 15 is 0 Å². The summed E-state index contributed by atoms with van der Waals surface area (Å²) < 4.78 is 43.2. The fourth-order valence-corrected chi connectivity index (χ4v) is 7.78. The highest BCUT2D eigenvalue weighted by Crippen LogP contribution is 2.34. The summed E-state index contributed by atoms with van der Waals surface area (Å²) in [4.78, 5) is 13.9. The Hall–Kier alpha value is -3.07. The lowest BCUT2D eigenvalue weighted by Crippen LogP contribution is -2.41. The fraction of sp³-hybridized carbons (Fsp3) is 0.441. The Balaban J connectivity index is 1.38. The molecule has 2 aliphatic carbocycles. The molecule has 0 aliphatic heterocycles. The Morgan fingerprint density at radius 2 is 1.71 bits per heavy atom. The standard InChI is InChI=1S/C34H42FN3O3S/c1-24(2)23-38(42(40,41)30-11-4-3-5-12-30)33(26-15-17-28(35)18-16-26)21-34(39)37-32-13-6-8-27-20-25(14-19-31(27)32)22-36-29-9-7-10-29/h3-5,11-12,14-20,24,29,32-33,36H,6-10,13,21-23H2,1-2H3,(H,37,39). The molecule has 1 saturated carbocycles. The van der Waals surface area contributed by atoms with Crippen LogP contribution in [0.25, 0.3) is 0 Å². The summed E-state index contributed by atoms with van der Waals surface area (Å²) in [5.74, 6) is -0.632. The monoisotopic (exact) mass is 591 g/mol. The number of benzene rings is 3.